The lowest BCUT2D eigenvalue weighted by atomic mass is 10.1. The van der Waals surface area contributed by atoms with Crippen molar-refractivity contribution in [2.24, 2.45) is 0 Å². The van der Waals surface area contributed by atoms with E-state index in [-0.39, 0.29) is 5.57 Å². The molecule has 4 rings (SSSR count). The quantitative estimate of drug-likeness (QED) is 0.164. The number of halogens is 3. The van der Waals surface area contributed by atoms with Gasteiger partial charge in [-0.2, -0.15) is 5.26 Å². The first-order chi connectivity index (χ1) is 18.4. The van der Waals surface area contributed by atoms with Gasteiger partial charge in [0.05, 0.1) is 5.02 Å². The van der Waals surface area contributed by atoms with Crippen LogP contribution >= 0.6 is 34.8 Å². The Labute approximate surface area is 235 Å². The van der Waals surface area contributed by atoms with Crippen LogP contribution in [0.5, 0.6) is 11.5 Å². The number of hydrogen-bond donors (Lipinski definition) is 1. The molecule has 4 aromatic rings. The minimum absolute atomic E-state index is 0.0762. The highest BCUT2D eigenvalue weighted by Gasteiger charge is 2.11. The van der Waals surface area contributed by atoms with Crippen molar-refractivity contribution in [3.63, 3.8) is 0 Å². The number of amides is 1. The summed E-state index contributed by atoms with van der Waals surface area (Å²) < 4.78 is 11.5. The number of nitriles is 1. The molecule has 0 heterocycles. The maximum absolute atomic E-state index is 12.7. The Balaban J connectivity index is 1.36. The minimum atomic E-state index is -0.547. The van der Waals surface area contributed by atoms with Gasteiger partial charge in [0.25, 0.3) is 5.91 Å². The second-order valence-corrected chi connectivity index (χ2v) is 9.39. The maximum Gasteiger partial charge on any atom is 0.266 e. The molecule has 0 aromatic heterocycles. The molecule has 0 aliphatic heterocycles. The molecule has 5 nitrogen and oxygen atoms in total. The van der Waals surface area contributed by atoms with E-state index in [4.69, 9.17) is 44.3 Å². The largest absolute Gasteiger partial charge is 0.489 e. The first-order valence-corrected chi connectivity index (χ1v) is 12.6. The lowest BCUT2D eigenvalue weighted by molar-refractivity contribution is -0.112. The van der Waals surface area contributed by atoms with Crippen LogP contribution in [0.3, 0.4) is 0 Å². The Morgan fingerprint density at radius 3 is 2.34 bits per heavy atom. The third kappa shape index (κ3) is 7.53. The zero-order valence-electron chi connectivity index (χ0n) is 20.0. The van der Waals surface area contributed by atoms with Gasteiger partial charge in [-0.25, -0.2) is 0 Å². The van der Waals surface area contributed by atoms with Crippen LogP contribution in [0, 0.1) is 11.3 Å². The van der Waals surface area contributed by atoms with E-state index in [2.05, 4.69) is 5.32 Å². The standard InChI is InChI=1S/C30H21Cl3N2O3/c31-24-6-3-4-21(15-24)18-38-29-13-8-20(16-28(29)33)14-23(17-34)30(36)35-25-9-11-26(12-10-25)37-19-22-5-1-2-7-27(22)32/h1-16H,18-19H2,(H,35,36)/b23-14+. The first-order valence-electron chi connectivity index (χ1n) is 11.5. The van der Waals surface area contributed by atoms with Crippen LogP contribution in [0.1, 0.15) is 16.7 Å². The lowest BCUT2D eigenvalue weighted by Crippen LogP contribution is -2.13. The Kier molecular flexibility index (Phi) is 9.29. The highest BCUT2D eigenvalue weighted by Crippen LogP contribution is 2.28. The van der Waals surface area contributed by atoms with Gasteiger partial charge in [0, 0.05) is 21.3 Å². The average Bonchev–Trinajstić information content (AvgIpc) is 2.91. The molecule has 38 heavy (non-hydrogen) atoms. The molecule has 0 radical (unpaired) electrons. The van der Waals surface area contributed by atoms with E-state index < -0.39 is 5.91 Å². The Bertz CT molecular complexity index is 1510. The molecule has 0 aliphatic carbocycles. The van der Waals surface area contributed by atoms with E-state index in [1.165, 1.54) is 6.08 Å². The van der Waals surface area contributed by atoms with Gasteiger partial charge in [0.1, 0.15) is 36.4 Å². The normalized spacial score (nSPS) is 10.9. The molecule has 0 atom stereocenters. The summed E-state index contributed by atoms with van der Waals surface area (Å²) in [6.45, 7) is 0.616. The molecule has 4 aromatic carbocycles. The molecule has 0 saturated heterocycles. The van der Waals surface area contributed by atoms with Crippen LogP contribution in [-0.2, 0) is 18.0 Å². The van der Waals surface area contributed by atoms with Gasteiger partial charge in [0.15, 0.2) is 0 Å². The lowest BCUT2D eigenvalue weighted by Gasteiger charge is -2.10. The highest BCUT2D eigenvalue weighted by molar-refractivity contribution is 6.32. The van der Waals surface area contributed by atoms with Gasteiger partial charge in [-0.3, -0.25) is 4.79 Å². The molecule has 0 spiro atoms. The van der Waals surface area contributed by atoms with Gasteiger partial charge in [0.2, 0.25) is 0 Å². The molecule has 1 amide bonds. The van der Waals surface area contributed by atoms with Crippen molar-refractivity contribution in [1.82, 2.24) is 0 Å². The molecular formula is C30H21Cl3N2O3. The van der Waals surface area contributed by atoms with Crippen molar-refractivity contribution in [1.29, 1.82) is 5.26 Å². The van der Waals surface area contributed by atoms with Crippen LogP contribution < -0.4 is 14.8 Å². The second kappa shape index (κ2) is 13.0. The zero-order valence-corrected chi connectivity index (χ0v) is 22.2. The fraction of sp³-hybridized carbons (Fsp3) is 0.0667. The number of carbonyl (C=O) groups is 1. The van der Waals surface area contributed by atoms with E-state index in [9.17, 15) is 10.1 Å². The molecule has 0 bridgehead atoms. The minimum Gasteiger partial charge on any atom is -0.489 e. The molecule has 0 fully saturated rings. The summed E-state index contributed by atoms with van der Waals surface area (Å²) >= 11 is 18.5. The summed E-state index contributed by atoms with van der Waals surface area (Å²) in [6.07, 6.45) is 1.46. The van der Waals surface area contributed by atoms with E-state index in [0.29, 0.717) is 51.0 Å². The molecule has 0 unspecified atom stereocenters. The first kappa shape index (κ1) is 27.1. The van der Waals surface area contributed by atoms with Crippen molar-refractivity contribution in [2.45, 2.75) is 13.2 Å². The topological polar surface area (TPSA) is 71.3 Å². The summed E-state index contributed by atoms with van der Waals surface area (Å²) in [5.41, 5.74) is 2.80. The maximum atomic E-state index is 12.7. The number of anilines is 1. The number of ether oxygens (including phenoxy) is 2. The van der Waals surface area contributed by atoms with Crippen LogP contribution in [-0.4, -0.2) is 5.91 Å². The average molecular weight is 564 g/mol. The number of nitrogens with zero attached hydrogens (tertiary/aromatic N) is 1. The van der Waals surface area contributed by atoms with Gasteiger partial charge in [-0.05, 0) is 71.8 Å². The van der Waals surface area contributed by atoms with Crippen LogP contribution in [0.4, 0.5) is 5.69 Å². The monoisotopic (exact) mass is 562 g/mol. The third-order valence-corrected chi connectivity index (χ3v) is 6.28. The van der Waals surface area contributed by atoms with Gasteiger partial charge in [-0.1, -0.05) is 71.2 Å². The molecule has 190 valence electrons. The number of nitrogens with one attached hydrogen (secondary N) is 1. The fourth-order valence-electron chi connectivity index (χ4n) is 3.44. The molecule has 1 N–H and O–H groups in total. The number of benzene rings is 4. The highest BCUT2D eigenvalue weighted by atomic mass is 35.5. The van der Waals surface area contributed by atoms with Gasteiger partial charge >= 0.3 is 0 Å². The van der Waals surface area contributed by atoms with E-state index in [0.717, 1.165) is 11.1 Å². The summed E-state index contributed by atoms with van der Waals surface area (Å²) in [7, 11) is 0. The summed E-state index contributed by atoms with van der Waals surface area (Å²) in [5, 5.41) is 13.9. The number of rotatable bonds is 9. The molecule has 0 aliphatic rings. The van der Waals surface area contributed by atoms with E-state index in [1.807, 2.05) is 42.5 Å². The Morgan fingerprint density at radius 1 is 0.842 bits per heavy atom. The second-order valence-electron chi connectivity index (χ2n) is 8.14. The fourth-order valence-corrected chi connectivity index (χ4v) is 4.08. The van der Waals surface area contributed by atoms with E-state index in [1.54, 1.807) is 54.6 Å². The number of hydrogen-bond acceptors (Lipinski definition) is 4. The third-order valence-electron chi connectivity index (χ3n) is 5.38. The van der Waals surface area contributed by atoms with Crippen molar-refractivity contribution >= 4 is 52.5 Å². The van der Waals surface area contributed by atoms with Crippen LogP contribution in [0.15, 0.2) is 96.6 Å². The zero-order chi connectivity index (χ0) is 26.9. The molecule has 8 heteroatoms. The summed E-state index contributed by atoms with van der Waals surface area (Å²) in [4.78, 5) is 12.7. The Hall–Kier alpha value is -3.95. The smallest absolute Gasteiger partial charge is 0.266 e. The van der Waals surface area contributed by atoms with Crippen molar-refractivity contribution in [3.8, 4) is 17.6 Å². The summed E-state index contributed by atoms with van der Waals surface area (Å²) in [5.74, 6) is 0.546. The predicted octanol–water partition coefficient (Wildman–Crippen LogP) is 8.35. The van der Waals surface area contributed by atoms with E-state index >= 15 is 0 Å². The van der Waals surface area contributed by atoms with Gasteiger partial charge < -0.3 is 14.8 Å². The van der Waals surface area contributed by atoms with Crippen molar-refractivity contribution in [2.75, 3.05) is 5.32 Å². The molecular weight excluding hydrogens is 543 g/mol. The van der Waals surface area contributed by atoms with Crippen molar-refractivity contribution in [3.05, 3.63) is 128 Å². The Morgan fingerprint density at radius 2 is 1.63 bits per heavy atom. The van der Waals surface area contributed by atoms with Gasteiger partial charge in [-0.15, -0.1) is 0 Å². The molecule has 0 saturated carbocycles. The van der Waals surface area contributed by atoms with Crippen LogP contribution in [0.2, 0.25) is 15.1 Å². The van der Waals surface area contributed by atoms with Crippen molar-refractivity contribution < 1.29 is 14.3 Å². The number of carbonyl (C=O) groups excluding carboxylic acids is 1. The SMILES string of the molecule is N#C/C(=C\c1ccc(OCc2cccc(Cl)c2)c(Cl)c1)C(=O)Nc1ccc(OCc2ccccc2Cl)cc1. The summed E-state index contributed by atoms with van der Waals surface area (Å²) in [6, 6.07) is 28.6. The predicted molar refractivity (Wildman–Crippen MR) is 152 cm³/mol. The van der Waals surface area contributed by atoms with Crippen LogP contribution in [0.25, 0.3) is 6.08 Å².